The molecular weight excluding hydrogens is 238 g/mol. The molecule has 0 aliphatic heterocycles. The van der Waals surface area contributed by atoms with Crippen LogP contribution in [-0.4, -0.2) is 36.1 Å². The van der Waals surface area contributed by atoms with Crippen molar-refractivity contribution in [1.29, 1.82) is 0 Å². The Morgan fingerprint density at radius 3 is 2.39 bits per heavy atom. The summed E-state index contributed by atoms with van der Waals surface area (Å²) in [4.78, 5) is 33.9. The Kier molecular flexibility index (Phi) is 5.61. The van der Waals surface area contributed by atoms with E-state index in [0.717, 1.165) is 32.1 Å². The summed E-state index contributed by atoms with van der Waals surface area (Å²) in [6.07, 6.45) is 4.34. The van der Waals surface area contributed by atoms with Gasteiger partial charge in [0.05, 0.1) is 13.5 Å². The number of rotatable bonds is 5. The lowest BCUT2D eigenvalue weighted by molar-refractivity contribution is -0.149. The summed E-state index contributed by atoms with van der Waals surface area (Å²) in [7, 11) is 1.18. The van der Waals surface area contributed by atoms with E-state index in [4.69, 9.17) is 5.11 Å². The lowest BCUT2D eigenvalue weighted by Gasteiger charge is -2.22. The lowest BCUT2D eigenvalue weighted by Crippen LogP contribution is -2.45. The Morgan fingerprint density at radius 2 is 1.89 bits per heavy atom. The van der Waals surface area contributed by atoms with Crippen LogP contribution < -0.4 is 5.32 Å². The van der Waals surface area contributed by atoms with Gasteiger partial charge in [0.25, 0.3) is 0 Å². The molecule has 0 spiro atoms. The SMILES string of the molecule is COC(=O)C[C@H](NC(=O)C1CCCCC1)C(=O)O. The van der Waals surface area contributed by atoms with Gasteiger partial charge in [0, 0.05) is 5.92 Å². The van der Waals surface area contributed by atoms with Gasteiger partial charge in [-0.3, -0.25) is 9.59 Å². The fraction of sp³-hybridized carbons (Fsp3) is 0.750. The zero-order valence-corrected chi connectivity index (χ0v) is 10.5. The highest BCUT2D eigenvalue weighted by atomic mass is 16.5. The number of carbonyl (C=O) groups excluding carboxylic acids is 2. The van der Waals surface area contributed by atoms with Crippen LogP contribution in [0, 0.1) is 5.92 Å². The molecular formula is C12H19NO5. The first-order chi connectivity index (χ1) is 8.54. The van der Waals surface area contributed by atoms with Gasteiger partial charge < -0.3 is 15.2 Å². The minimum atomic E-state index is -1.22. The molecule has 18 heavy (non-hydrogen) atoms. The maximum Gasteiger partial charge on any atom is 0.326 e. The number of carbonyl (C=O) groups is 3. The summed E-state index contributed by atoms with van der Waals surface area (Å²) in [5.74, 6) is -2.26. The second-order valence-electron chi connectivity index (χ2n) is 4.51. The molecule has 0 radical (unpaired) electrons. The van der Waals surface area contributed by atoms with Crippen molar-refractivity contribution >= 4 is 17.8 Å². The molecule has 0 heterocycles. The van der Waals surface area contributed by atoms with Crippen molar-refractivity contribution in [3.63, 3.8) is 0 Å². The van der Waals surface area contributed by atoms with E-state index < -0.39 is 18.0 Å². The van der Waals surface area contributed by atoms with Gasteiger partial charge in [-0.25, -0.2) is 4.79 Å². The van der Waals surface area contributed by atoms with Gasteiger partial charge in [-0.1, -0.05) is 19.3 Å². The third kappa shape index (κ3) is 4.35. The second-order valence-corrected chi connectivity index (χ2v) is 4.51. The quantitative estimate of drug-likeness (QED) is 0.707. The first-order valence-corrected chi connectivity index (χ1v) is 6.14. The van der Waals surface area contributed by atoms with Gasteiger partial charge in [-0.2, -0.15) is 0 Å². The van der Waals surface area contributed by atoms with Crippen LogP contribution in [0.25, 0.3) is 0 Å². The van der Waals surface area contributed by atoms with Crippen molar-refractivity contribution in [2.45, 2.75) is 44.6 Å². The van der Waals surface area contributed by atoms with E-state index >= 15 is 0 Å². The van der Waals surface area contributed by atoms with Crippen molar-refractivity contribution in [2.75, 3.05) is 7.11 Å². The largest absolute Gasteiger partial charge is 0.480 e. The normalized spacial score (nSPS) is 17.8. The fourth-order valence-corrected chi connectivity index (χ4v) is 2.10. The minimum absolute atomic E-state index is 0.127. The maximum absolute atomic E-state index is 11.9. The Bertz CT molecular complexity index is 322. The zero-order valence-electron chi connectivity index (χ0n) is 10.5. The van der Waals surface area contributed by atoms with Crippen molar-refractivity contribution in [2.24, 2.45) is 5.92 Å². The highest BCUT2D eigenvalue weighted by Gasteiger charge is 2.28. The average molecular weight is 257 g/mol. The maximum atomic E-state index is 11.9. The summed E-state index contributed by atoms with van der Waals surface area (Å²) >= 11 is 0. The van der Waals surface area contributed by atoms with Gasteiger partial charge in [0.1, 0.15) is 6.04 Å². The number of ether oxygens (including phenoxy) is 1. The zero-order chi connectivity index (χ0) is 13.5. The molecule has 1 fully saturated rings. The van der Waals surface area contributed by atoms with Crippen LogP contribution in [0.1, 0.15) is 38.5 Å². The van der Waals surface area contributed by atoms with E-state index in [9.17, 15) is 14.4 Å². The van der Waals surface area contributed by atoms with E-state index in [1.165, 1.54) is 7.11 Å². The number of amides is 1. The summed E-state index contributed by atoms with van der Waals surface area (Å²) in [6, 6.07) is -1.20. The highest BCUT2D eigenvalue weighted by Crippen LogP contribution is 2.23. The van der Waals surface area contributed by atoms with Crippen LogP contribution in [0.15, 0.2) is 0 Å². The molecule has 6 nitrogen and oxygen atoms in total. The lowest BCUT2D eigenvalue weighted by atomic mass is 9.88. The molecule has 1 aliphatic carbocycles. The van der Waals surface area contributed by atoms with Crippen molar-refractivity contribution in [3.05, 3.63) is 0 Å². The van der Waals surface area contributed by atoms with Gasteiger partial charge in [-0.05, 0) is 12.8 Å². The fourth-order valence-electron chi connectivity index (χ4n) is 2.10. The second kappa shape index (κ2) is 6.98. The van der Waals surface area contributed by atoms with Crippen molar-refractivity contribution in [3.8, 4) is 0 Å². The molecule has 2 N–H and O–H groups in total. The van der Waals surface area contributed by atoms with Crippen LogP contribution >= 0.6 is 0 Å². The molecule has 0 bridgehead atoms. The molecule has 1 amide bonds. The Labute approximate surface area is 106 Å². The number of esters is 1. The number of carboxylic acids is 1. The molecule has 0 aromatic carbocycles. The third-order valence-corrected chi connectivity index (χ3v) is 3.19. The molecule has 1 saturated carbocycles. The van der Waals surface area contributed by atoms with Gasteiger partial charge >= 0.3 is 11.9 Å². The van der Waals surface area contributed by atoms with Gasteiger partial charge in [-0.15, -0.1) is 0 Å². The smallest absolute Gasteiger partial charge is 0.326 e. The molecule has 102 valence electrons. The minimum Gasteiger partial charge on any atom is -0.480 e. The van der Waals surface area contributed by atoms with Gasteiger partial charge in [0.2, 0.25) is 5.91 Å². The summed E-state index contributed by atoms with van der Waals surface area (Å²) in [5.41, 5.74) is 0. The molecule has 0 saturated heterocycles. The predicted molar refractivity (Wildman–Crippen MR) is 62.8 cm³/mol. The number of hydrogen-bond donors (Lipinski definition) is 2. The molecule has 1 aliphatic rings. The van der Waals surface area contributed by atoms with Crippen molar-refractivity contribution in [1.82, 2.24) is 5.32 Å². The molecule has 0 aromatic rings. The van der Waals surface area contributed by atoms with Gasteiger partial charge in [0.15, 0.2) is 0 Å². The first-order valence-electron chi connectivity index (χ1n) is 6.14. The highest BCUT2D eigenvalue weighted by molar-refractivity contribution is 5.88. The number of methoxy groups -OCH3 is 1. The van der Waals surface area contributed by atoms with E-state index in [2.05, 4.69) is 10.1 Å². The summed E-state index contributed by atoms with van der Waals surface area (Å²) in [6.45, 7) is 0. The predicted octanol–water partition coefficient (Wildman–Crippen LogP) is 0.699. The van der Waals surface area contributed by atoms with Crippen molar-refractivity contribution < 1.29 is 24.2 Å². The summed E-state index contributed by atoms with van der Waals surface area (Å²) in [5, 5.41) is 11.4. The average Bonchev–Trinajstić information content (AvgIpc) is 2.38. The molecule has 0 unspecified atom stereocenters. The van der Waals surface area contributed by atoms with E-state index in [-0.39, 0.29) is 18.2 Å². The third-order valence-electron chi connectivity index (χ3n) is 3.19. The Hall–Kier alpha value is -1.59. The number of nitrogens with one attached hydrogen (secondary N) is 1. The van der Waals surface area contributed by atoms with Crippen LogP contribution in [0.3, 0.4) is 0 Å². The van der Waals surface area contributed by atoms with E-state index in [1.54, 1.807) is 0 Å². The topological polar surface area (TPSA) is 92.7 Å². The molecule has 6 heteroatoms. The van der Waals surface area contributed by atoms with Crippen LogP contribution in [0.4, 0.5) is 0 Å². The molecule has 0 aromatic heterocycles. The van der Waals surface area contributed by atoms with Crippen LogP contribution in [0.2, 0.25) is 0 Å². The number of aliphatic carboxylic acids is 1. The van der Waals surface area contributed by atoms with Crippen LogP contribution in [-0.2, 0) is 19.1 Å². The van der Waals surface area contributed by atoms with E-state index in [0.29, 0.717) is 0 Å². The number of hydrogen-bond acceptors (Lipinski definition) is 4. The molecule has 1 atom stereocenters. The Balaban J connectivity index is 2.51. The van der Waals surface area contributed by atoms with E-state index in [1.807, 2.05) is 0 Å². The standard InChI is InChI=1S/C12H19NO5/c1-18-10(14)7-9(12(16)17)13-11(15)8-5-3-2-4-6-8/h8-9H,2-7H2,1H3,(H,13,15)(H,16,17)/t9-/m0/s1. The van der Waals surface area contributed by atoms with Crippen LogP contribution in [0.5, 0.6) is 0 Å². The Morgan fingerprint density at radius 1 is 1.28 bits per heavy atom. The number of carboxylic acid groups (broad SMARTS) is 1. The summed E-state index contributed by atoms with van der Waals surface area (Å²) < 4.78 is 4.40. The molecule has 1 rings (SSSR count). The first kappa shape index (κ1) is 14.5. The monoisotopic (exact) mass is 257 g/mol.